The van der Waals surface area contributed by atoms with Gasteiger partial charge in [-0.15, -0.1) is 0 Å². The van der Waals surface area contributed by atoms with Crippen LogP contribution in [0, 0.1) is 0 Å². The average molecular weight is 499 g/mol. The Morgan fingerprint density at radius 1 is 1.03 bits per heavy atom. The first-order chi connectivity index (χ1) is 15.1. The molecule has 0 aliphatic heterocycles. The topological polar surface area (TPSA) is 87.7 Å². The largest absolute Gasteiger partial charge is 0.417 e. The summed E-state index contributed by atoms with van der Waals surface area (Å²) in [7, 11) is -2.14. The van der Waals surface area contributed by atoms with E-state index in [0.29, 0.717) is 17.0 Å². The van der Waals surface area contributed by atoms with E-state index in [2.05, 4.69) is 19.7 Å². The van der Waals surface area contributed by atoms with E-state index in [0.717, 1.165) is 6.07 Å². The molecule has 1 atom stereocenters. The molecule has 0 spiro atoms. The number of H-pyrrole nitrogens is 1. The molecule has 0 aliphatic carbocycles. The van der Waals surface area contributed by atoms with Crippen LogP contribution in [-0.2, 0) is 17.2 Å². The zero-order valence-corrected chi connectivity index (χ0v) is 18.0. The molecule has 4 rings (SSSR count). The van der Waals surface area contributed by atoms with Gasteiger partial charge in [0.1, 0.15) is 22.4 Å². The first kappa shape index (κ1) is 22.3. The number of hydrogen-bond donors (Lipinski definition) is 2. The summed E-state index contributed by atoms with van der Waals surface area (Å²) in [5, 5.41) is 0.221. The van der Waals surface area contributed by atoms with E-state index in [4.69, 9.17) is 23.2 Å². The fourth-order valence-corrected chi connectivity index (χ4v) is 4.26. The SMILES string of the molecule is O=c1nc(-c2ncc(Cl)cc2NS(=O)c2ccc(Cl)c(C(F)(F)F)c2)c2ccccc2[nH]1. The number of nitrogens with one attached hydrogen (secondary N) is 2. The number of anilines is 1. The van der Waals surface area contributed by atoms with Gasteiger partial charge in [-0.2, -0.15) is 18.2 Å². The van der Waals surface area contributed by atoms with Gasteiger partial charge in [0, 0.05) is 11.6 Å². The quantitative estimate of drug-likeness (QED) is 0.391. The van der Waals surface area contributed by atoms with E-state index in [1.165, 1.54) is 18.3 Å². The van der Waals surface area contributed by atoms with Crippen molar-refractivity contribution in [3.8, 4) is 11.4 Å². The van der Waals surface area contributed by atoms with Crippen LogP contribution in [0.4, 0.5) is 18.9 Å². The van der Waals surface area contributed by atoms with Crippen molar-refractivity contribution < 1.29 is 17.4 Å². The highest BCUT2D eigenvalue weighted by Crippen LogP contribution is 2.36. The van der Waals surface area contributed by atoms with Gasteiger partial charge in [-0.1, -0.05) is 41.4 Å². The van der Waals surface area contributed by atoms with Crippen molar-refractivity contribution in [2.75, 3.05) is 4.72 Å². The van der Waals surface area contributed by atoms with Crippen LogP contribution in [0.15, 0.2) is 64.4 Å². The number of para-hydroxylation sites is 1. The molecule has 2 aromatic carbocycles. The van der Waals surface area contributed by atoms with Crippen molar-refractivity contribution in [3.05, 3.63) is 80.8 Å². The third-order valence-corrected chi connectivity index (χ3v) is 6.00. The molecule has 4 aromatic rings. The molecule has 0 radical (unpaired) electrons. The second kappa shape index (κ2) is 8.53. The summed E-state index contributed by atoms with van der Waals surface area (Å²) >= 11 is 11.7. The molecule has 2 heterocycles. The Labute approximate surface area is 191 Å². The van der Waals surface area contributed by atoms with Gasteiger partial charge >= 0.3 is 11.9 Å². The first-order valence-electron chi connectivity index (χ1n) is 8.83. The number of halogens is 5. The smallest absolute Gasteiger partial charge is 0.305 e. The normalized spacial score (nSPS) is 12.7. The van der Waals surface area contributed by atoms with Gasteiger partial charge in [0.05, 0.1) is 31.7 Å². The zero-order valence-electron chi connectivity index (χ0n) is 15.7. The van der Waals surface area contributed by atoms with Gasteiger partial charge in [0.25, 0.3) is 0 Å². The van der Waals surface area contributed by atoms with Crippen LogP contribution in [-0.4, -0.2) is 19.2 Å². The molecule has 0 saturated heterocycles. The lowest BCUT2D eigenvalue weighted by Gasteiger charge is -2.14. The monoisotopic (exact) mass is 498 g/mol. The molecule has 164 valence electrons. The second-order valence-electron chi connectivity index (χ2n) is 6.50. The van der Waals surface area contributed by atoms with Crippen LogP contribution in [0.5, 0.6) is 0 Å². The van der Waals surface area contributed by atoms with Gasteiger partial charge in [0.15, 0.2) is 0 Å². The molecule has 0 fully saturated rings. The van der Waals surface area contributed by atoms with Gasteiger partial charge < -0.3 is 4.98 Å². The zero-order chi connectivity index (χ0) is 23.0. The van der Waals surface area contributed by atoms with Crippen LogP contribution >= 0.6 is 23.2 Å². The summed E-state index contributed by atoms with van der Waals surface area (Å²) in [6.07, 6.45) is -3.40. The van der Waals surface area contributed by atoms with E-state index in [1.807, 2.05) is 0 Å². The molecule has 0 amide bonds. The highest BCUT2D eigenvalue weighted by molar-refractivity contribution is 7.86. The van der Waals surface area contributed by atoms with E-state index < -0.39 is 33.4 Å². The molecule has 2 aromatic heterocycles. The second-order valence-corrected chi connectivity index (χ2v) is 8.55. The van der Waals surface area contributed by atoms with Gasteiger partial charge in [-0.25, -0.2) is 9.00 Å². The number of nitrogens with zero attached hydrogens (tertiary/aromatic N) is 2. The third kappa shape index (κ3) is 4.47. The molecular formula is C20H11Cl2F3N4O2S. The number of fused-ring (bicyclic) bond motifs is 1. The van der Waals surface area contributed by atoms with Gasteiger partial charge in [-0.05, 0) is 30.3 Å². The number of pyridine rings is 1. The lowest BCUT2D eigenvalue weighted by atomic mass is 10.1. The maximum Gasteiger partial charge on any atom is 0.417 e. The maximum atomic E-state index is 13.2. The van der Waals surface area contributed by atoms with Crippen molar-refractivity contribution in [1.82, 2.24) is 15.0 Å². The standard InChI is InChI=1S/C20H11Cl2F3N4O2S/c21-10-7-16(29-32(31)11-5-6-14(22)13(8-11)20(23,24)25)18(26-9-10)17-12-3-1-2-4-15(12)27-19(30)28-17/h1-9,29H,(H,27,28,30). The Balaban J connectivity index is 1.80. The number of benzene rings is 2. The molecule has 0 bridgehead atoms. The van der Waals surface area contributed by atoms with E-state index in [9.17, 15) is 22.2 Å². The van der Waals surface area contributed by atoms with E-state index >= 15 is 0 Å². The van der Waals surface area contributed by atoms with Crippen LogP contribution in [0.3, 0.4) is 0 Å². The average Bonchev–Trinajstić information content (AvgIpc) is 2.73. The minimum atomic E-state index is -4.71. The van der Waals surface area contributed by atoms with Crippen LogP contribution in [0.25, 0.3) is 22.3 Å². The minimum absolute atomic E-state index is 0.114. The summed E-state index contributed by atoms with van der Waals surface area (Å²) in [5.74, 6) is 0. The molecule has 0 saturated carbocycles. The highest BCUT2D eigenvalue weighted by atomic mass is 35.5. The Kier molecular flexibility index (Phi) is 5.93. The number of aromatic nitrogens is 3. The van der Waals surface area contributed by atoms with Crippen LogP contribution < -0.4 is 10.4 Å². The highest BCUT2D eigenvalue weighted by Gasteiger charge is 2.33. The summed E-state index contributed by atoms with van der Waals surface area (Å²) < 4.78 is 55.0. The van der Waals surface area contributed by atoms with Crippen LogP contribution in [0.2, 0.25) is 10.0 Å². The third-order valence-electron chi connectivity index (χ3n) is 4.38. The van der Waals surface area contributed by atoms with Crippen molar-refractivity contribution in [1.29, 1.82) is 0 Å². The molecule has 12 heteroatoms. The fraction of sp³-hybridized carbons (Fsp3) is 0.0500. The summed E-state index contributed by atoms with van der Waals surface area (Å²) in [4.78, 5) is 22.7. The lowest BCUT2D eigenvalue weighted by Crippen LogP contribution is -2.13. The van der Waals surface area contributed by atoms with Crippen molar-refractivity contribution >= 4 is 50.8 Å². The van der Waals surface area contributed by atoms with Crippen LogP contribution in [0.1, 0.15) is 5.56 Å². The predicted molar refractivity (Wildman–Crippen MR) is 117 cm³/mol. The van der Waals surface area contributed by atoms with E-state index in [-0.39, 0.29) is 27.0 Å². The first-order valence-corrected chi connectivity index (χ1v) is 10.7. The molecular weight excluding hydrogens is 488 g/mol. The Morgan fingerprint density at radius 3 is 2.53 bits per heavy atom. The number of alkyl halides is 3. The maximum absolute atomic E-state index is 13.2. The fourth-order valence-electron chi connectivity index (χ4n) is 2.99. The molecule has 1 unspecified atom stereocenters. The predicted octanol–water partition coefficient (Wildman–Crippen LogP) is 5.45. The Bertz CT molecular complexity index is 1430. The van der Waals surface area contributed by atoms with Crippen molar-refractivity contribution in [2.24, 2.45) is 0 Å². The molecule has 6 nitrogen and oxygen atoms in total. The van der Waals surface area contributed by atoms with Crippen molar-refractivity contribution in [2.45, 2.75) is 11.1 Å². The van der Waals surface area contributed by atoms with Crippen molar-refractivity contribution in [3.63, 3.8) is 0 Å². The van der Waals surface area contributed by atoms with E-state index in [1.54, 1.807) is 24.3 Å². The van der Waals surface area contributed by atoms with Gasteiger partial charge in [0.2, 0.25) is 0 Å². The number of hydrogen-bond acceptors (Lipinski definition) is 4. The summed E-state index contributed by atoms with van der Waals surface area (Å²) in [5.41, 5.74) is -0.794. The summed E-state index contributed by atoms with van der Waals surface area (Å²) in [6.45, 7) is 0. The molecule has 0 aliphatic rings. The number of rotatable bonds is 4. The lowest BCUT2D eigenvalue weighted by molar-refractivity contribution is -0.137. The Hall–Kier alpha value is -2.95. The number of aromatic amines is 1. The minimum Gasteiger partial charge on any atom is -0.305 e. The molecule has 2 N–H and O–H groups in total. The summed E-state index contributed by atoms with van der Waals surface area (Å²) in [6, 6.07) is 11.2. The molecule has 32 heavy (non-hydrogen) atoms. The van der Waals surface area contributed by atoms with Gasteiger partial charge in [-0.3, -0.25) is 9.71 Å². The Morgan fingerprint density at radius 2 is 1.78 bits per heavy atom.